The van der Waals surface area contributed by atoms with Crippen LogP contribution in [0.2, 0.25) is 5.02 Å². The Morgan fingerprint density at radius 3 is 2.67 bits per heavy atom. The molecule has 0 spiro atoms. The van der Waals surface area contributed by atoms with E-state index in [2.05, 4.69) is 31.4 Å². The Labute approximate surface area is 116 Å². The maximum Gasteiger partial charge on any atom is 0.276 e. The van der Waals surface area contributed by atoms with Crippen molar-refractivity contribution >= 4 is 44.9 Å². The van der Waals surface area contributed by atoms with Crippen LogP contribution in [0.25, 0.3) is 0 Å². The van der Waals surface area contributed by atoms with E-state index in [1.54, 1.807) is 18.2 Å². The fraction of sp³-hybridized carbons (Fsp3) is 0. The molecule has 0 saturated carbocycles. The summed E-state index contributed by atoms with van der Waals surface area (Å²) < 4.78 is 0.699. The lowest BCUT2D eigenvalue weighted by atomic mass is 10.3. The number of aromatic nitrogens is 2. The number of amides is 1. The Balaban J connectivity index is 2.16. The maximum absolute atomic E-state index is 11.8. The smallest absolute Gasteiger partial charge is 0.276 e. The molecule has 1 amide bonds. The Kier molecular flexibility index (Phi) is 3.78. The second kappa shape index (κ2) is 5.32. The predicted molar refractivity (Wildman–Crippen MR) is 73.5 cm³/mol. The molecule has 1 aromatic carbocycles. The van der Waals surface area contributed by atoms with E-state index in [9.17, 15) is 4.79 Å². The molecule has 3 N–H and O–H groups in total. The standard InChI is InChI=1S/C11H8BrClN4O/c12-7-5-6(1-2-8(7)13)15-11(18)9-3-4-10(14)17-16-9/h1-5H,(H2,14,17)(H,15,18). The third-order valence-electron chi connectivity index (χ3n) is 2.10. The molecule has 0 aliphatic carbocycles. The topological polar surface area (TPSA) is 80.9 Å². The minimum atomic E-state index is -0.364. The van der Waals surface area contributed by atoms with Crippen LogP contribution in [0.3, 0.4) is 0 Å². The van der Waals surface area contributed by atoms with Gasteiger partial charge >= 0.3 is 0 Å². The summed E-state index contributed by atoms with van der Waals surface area (Å²) in [5, 5.41) is 10.5. The van der Waals surface area contributed by atoms with E-state index in [-0.39, 0.29) is 17.4 Å². The first-order valence-corrected chi connectivity index (χ1v) is 6.09. The zero-order chi connectivity index (χ0) is 13.1. The molecule has 2 aromatic rings. The van der Waals surface area contributed by atoms with Crippen molar-refractivity contribution in [2.75, 3.05) is 11.1 Å². The van der Waals surface area contributed by atoms with Gasteiger partial charge in [-0.15, -0.1) is 10.2 Å². The first-order valence-electron chi connectivity index (χ1n) is 4.92. The third-order valence-corrected chi connectivity index (χ3v) is 3.31. The number of carbonyl (C=O) groups excluding carboxylic acids is 1. The van der Waals surface area contributed by atoms with Crippen LogP contribution in [0.15, 0.2) is 34.8 Å². The molecule has 0 aliphatic heterocycles. The van der Waals surface area contributed by atoms with Crippen molar-refractivity contribution in [2.45, 2.75) is 0 Å². The summed E-state index contributed by atoms with van der Waals surface area (Å²) in [5.74, 6) is -0.0995. The number of nitrogen functional groups attached to an aromatic ring is 1. The van der Waals surface area contributed by atoms with Crippen LogP contribution in [-0.4, -0.2) is 16.1 Å². The molecule has 0 atom stereocenters. The molecule has 0 aliphatic rings. The fourth-order valence-corrected chi connectivity index (χ4v) is 1.73. The highest BCUT2D eigenvalue weighted by molar-refractivity contribution is 9.10. The number of anilines is 2. The van der Waals surface area contributed by atoms with Gasteiger partial charge in [0.2, 0.25) is 0 Å². The molecule has 1 aromatic heterocycles. The maximum atomic E-state index is 11.8. The van der Waals surface area contributed by atoms with Crippen molar-refractivity contribution in [1.82, 2.24) is 10.2 Å². The van der Waals surface area contributed by atoms with Crippen LogP contribution in [0.4, 0.5) is 11.5 Å². The molecule has 18 heavy (non-hydrogen) atoms. The largest absolute Gasteiger partial charge is 0.382 e. The summed E-state index contributed by atoms with van der Waals surface area (Å²) in [5.41, 5.74) is 6.19. The molecule has 0 saturated heterocycles. The number of halogens is 2. The lowest BCUT2D eigenvalue weighted by Crippen LogP contribution is -2.14. The van der Waals surface area contributed by atoms with Crippen molar-refractivity contribution in [1.29, 1.82) is 0 Å². The summed E-state index contributed by atoms with van der Waals surface area (Å²) in [6.45, 7) is 0. The third kappa shape index (κ3) is 2.96. The van der Waals surface area contributed by atoms with Crippen molar-refractivity contribution < 1.29 is 4.79 Å². The highest BCUT2D eigenvalue weighted by Gasteiger charge is 2.09. The van der Waals surface area contributed by atoms with Crippen LogP contribution >= 0.6 is 27.5 Å². The molecule has 92 valence electrons. The number of rotatable bonds is 2. The van der Waals surface area contributed by atoms with Gasteiger partial charge in [-0.3, -0.25) is 4.79 Å². The molecule has 1 heterocycles. The van der Waals surface area contributed by atoms with Crippen molar-refractivity contribution in [3.05, 3.63) is 45.5 Å². The number of carbonyl (C=O) groups is 1. The monoisotopic (exact) mass is 326 g/mol. The zero-order valence-electron chi connectivity index (χ0n) is 9.02. The molecule has 5 nitrogen and oxygen atoms in total. The Bertz CT molecular complexity index is 588. The number of nitrogens with zero attached hydrogens (tertiary/aromatic N) is 2. The average Bonchev–Trinajstić information content (AvgIpc) is 2.34. The summed E-state index contributed by atoms with van der Waals surface area (Å²) >= 11 is 9.13. The zero-order valence-corrected chi connectivity index (χ0v) is 11.4. The van der Waals surface area contributed by atoms with Gasteiger partial charge in [-0.1, -0.05) is 11.6 Å². The number of hydrogen-bond acceptors (Lipinski definition) is 4. The lowest BCUT2D eigenvalue weighted by molar-refractivity contribution is 0.102. The van der Waals surface area contributed by atoms with Crippen molar-refractivity contribution in [2.24, 2.45) is 0 Å². The normalized spacial score (nSPS) is 10.1. The summed E-state index contributed by atoms with van der Waals surface area (Å²) in [7, 11) is 0. The summed E-state index contributed by atoms with van der Waals surface area (Å²) in [4.78, 5) is 11.8. The van der Waals surface area contributed by atoms with E-state index in [1.165, 1.54) is 12.1 Å². The van der Waals surface area contributed by atoms with Crippen LogP contribution in [0.1, 0.15) is 10.5 Å². The van der Waals surface area contributed by atoms with Crippen LogP contribution in [0, 0.1) is 0 Å². The second-order valence-corrected chi connectivity index (χ2v) is 4.69. The van der Waals surface area contributed by atoms with Gasteiger partial charge in [0, 0.05) is 10.2 Å². The van der Waals surface area contributed by atoms with Gasteiger partial charge in [0.1, 0.15) is 5.82 Å². The minimum absolute atomic E-state index is 0.190. The molecule has 0 bridgehead atoms. The molecule has 0 unspecified atom stereocenters. The van der Waals surface area contributed by atoms with E-state index in [0.717, 1.165) is 0 Å². The van der Waals surface area contributed by atoms with E-state index >= 15 is 0 Å². The average molecular weight is 328 g/mol. The minimum Gasteiger partial charge on any atom is -0.382 e. The molecule has 2 rings (SSSR count). The van der Waals surface area contributed by atoms with E-state index < -0.39 is 0 Å². The quantitative estimate of drug-likeness (QED) is 0.888. The van der Waals surface area contributed by atoms with Gasteiger partial charge in [0.05, 0.1) is 5.02 Å². The van der Waals surface area contributed by atoms with Crippen molar-refractivity contribution in [3.8, 4) is 0 Å². The number of hydrogen-bond donors (Lipinski definition) is 2. The van der Waals surface area contributed by atoms with Gasteiger partial charge in [0.15, 0.2) is 5.69 Å². The van der Waals surface area contributed by atoms with Gasteiger partial charge in [-0.2, -0.15) is 0 Å². The Morgan fingerprint density at radius 2 is 2.06 bits per heavy atom. The number of nitrogens with one attached hydrogen (secondary N) is 1. The highest BCUT2D eigenvalue weighted by Crippen LogP contribution is 2.25. The molecular weight excluding hydrogens is 320 g/mol. The lowest BCUT2D eigenvalue weighted by Gasteiger charge is -2.05. The first kappa shape index (κ1) is 12.8. The van der Waals surface area contributed by atoms with Crippen LogP contribution in [-0.2, 0) is 0 Å². The van der Waals surface area contributed by atoms with Gasteiger partial charge in [-0.05, 0) is 46.3 Å². The molecular formula is C11H8BrClN4O. The van der Waals surface area contributed by atoms with E-state index in [1.807, 2.05) is 0 Å². The molecule has 0 fully saturated rings. The summed E-state index contributed by atoms with van der Waals surface area (Å²) in [6, 6.07) is 8.08. The highest BCUT2D eigenvalue weighted by atomic mass is 79.9. The number of benzene rings is 1. The molecule has 7 heteroatoms. The SMILES string of the molecule is Nc1ccc(C(=O)Nc2ccc(Cl)c(Br)c2)nn1. The number of nitrogens with two attached hydrogens (primary N) is 1. The van der Waals surface area contributed by atoms with E-state index in [0.29, 0.717) is 15.2 Å². The van der Waals surface area contributed by atoms with Crippen LogP contribution in [0.5, 0.6) is 0 Å². The van der Waals surface area contributed by atoms with E-state index in [4.69, 9.17) is 17.3 Å². The Hall–Kier alpha value is -1.66. The van der Waals surface area contributed by atoms with Crippen molar-refractivity contribution in [3.63, 3.8) is 0 Å². The van der Waals surface area contributed by atoms with Gasteiger partial charge < -0.3 is 11.1 Å². The summed E-state index contributed by atoms with van der Waals surface area (Å²) in [6.07, 6.45) is 0. The Morgan fingerprint density at radius 1 is 1.28 bits per heavy atom. The predicted octanol–water partition coefficient (Wildman–Crippen LogP) is 2.73. The van der Waals surface area contributed by atoms with Gasteiger partial charge in [0.25, 0.3) is 5.91 Å². The van der Waals surface area contributed by atoms with Gasteiger partial charge in [-0.25, -0.2) is 0 Å². The molecule has 0 radical (unpaired) electrons. The van der Waals surface area contributed by atoms with Crippen LogP contribution < -0.4 is 11.1 Å². The second-order valence-electron chi connectivity index (χ2n) is 3.43. The first-order chi connectivity index (χ1) is 8.56. The fourth-order valence-electron chi connectivity index (χ4n) is 1.23.